The molecule has 0 radical (unpaired) electrons. The van der Waals surface area contributed by atoms with Crippen LogP contribution in [-0.2, 0) is 0 Å². The Morgan fingerprint density at radius 1 is 0.889 bits per heavy atom. The Bertz CT molecular complexity index is 997. The number of hydrogen-bond donors (Lipinski definition) is 2. The number of rotatable bonds is 4. The summed E-state index contributed by atoms with van der Waals surface area (Å²) in [6, 6.07) is 13.4. The fraction of sp³-hybridized carbons (Fsp3) is 0. The van der Waals surface area contributed by atoms with Gasteiger partial charge in [0.15, 0.2) is 5.76 Å². The number of nitro benzene ring substituents is 1. The molecule has 1 heterocycles. The van der Waals surface area contributed by atoms with E-state index in [1.807, 2.05) is 0 Å². The number of amides is 2. The minimum Gasteiger partial charge on any atom is -0.451 e. The molecule has 136 valence electrons. The van der Waals surface area contributed by atoms with E-state index in [1.54, 1.807) is 6.07 Å². The van der Waals surface area contributed by atoms with Crippen LogP contribution in [-0.4, -0.2) is 16.7 Å². The van der Waals surface area contributed by atoms with Gasteiger partial charge in [-0.3, -0.25) is 30.6 Å². The molecule has 1 aromatic heterocycles. The van der Waals surface area contributed by atoms with Gasteiger partial charge in [-0.1, -0.05) is 0 Å². The molecule has 0 fully saturated rings. The standard InChI is InChI=1S/C18H12FN3O5/c19-13-5-1-11(2-6-13)15-9-10-16(27-15)18(24)21-20-17(23)12-3-7-14(8-4-12)22(25)26/h1-10H,(H,20,23)(H,21,24). The Hall–Kier alpha value is -4.01. The highest BCUT2D eigenvalue weighted by molar-refractivity contribution is 5.98. The van der Waals surface area contributed by atoms with Crippen LogP contribution in [0.1, 0.15) is 20.9 Å². The lowest BCUT2D eigenvalue weighted by Crippen LogP contribution is -2.41. The summed E-state index contributed by atoms with van der Waals surface area (Å²) >= 11 is 0. The molecule has 2 aromatic carbocycles. The molecule has 27 heavy (non-hydrogen) atoms. The SMILES string of the molecule is O=C(NNC(=O)c1ccc(-c2ccc(F)cc2)o1)c1ccc([N+](=O)[O-])cc1. The first-order valence-electron chi connectivity index (χ1n) is 7.65. The molecule has 8 nitrogen and oxygen atoms in total. The van der Waals surface area contributed by atoms with Crippen molar-refractivity contribution in [2.45, 2.75) is 0 Å². The van der Waals surface area contributed by atoms with Crippen molar-refractivity contribution in [2.75, 3.05) is 0 Å². The highest BCUT2D eigenvalue weighted by atomic mass is 19.1. The molecule has 0 bridgehead atoms. The summed E-state index contributed by atoms with van der Waals surface area (Å²) in [5.74, 6) is -1.43. The molecule has 0 aliphatic carbocycles. The van der Waals surface area contributed by atoms with Crippen LogP contribution in [0.5, 0.6) is 0 Å². The van der Waals surface area contributed by atoms with E-state index < -0.39 is 22.6 Å². The maximum absolute atomic E-state index is 12.9. The molecule has 0 spiro atoms. The van der Waals surface area contributed by atoms with Gasteiger partial charge in [-0.05, 0) is 48.5 Å². The molecular weight excluding hydrogens is 357 g/mol. The molecule has 0 saturated carbocycles. The summed E-state index contributed by atoms with van der Waals surface area (Å²) in [6.45, 7) is 0. The van der Waals surface area contributed by atoms with Crippen molar-refractivity contribution in [1.29, 1.82) is 0 Å². The summed E-state index contributed by atoms with van der Waals surface area (Å²) in [7, 11) is 0. The number of nitrogens with zero attached hydrogens (tertiary/aromatic N) is 1. The lowest BCUT2D eigenvalue weighted by molar-refractivity contribution is -0.384. The third-order valence-corrected chi connectivity index (χ3v) is 3.59. The van der Waals surface area contributed by atoms with Crippen molar-refractivity contribution >= 4 is 17.5 Å². The van der Waals surface area contributed by atoms with E-state index >= 15 is 0 Å². The summed E-state index contributed by atoms with van der Waals surface area (Å²) < 4.78 is 18.3. The Morgan fingerprint density at radius 2 is 1.52 bits per heavy atom. The normalized spacial score (nSPS) is 10.3. The van der Waals surface area contributed by atoms with Gasteiger partial charge in [0.25, 0.3) is 11.6 Å². The number of nitro groups is 1. The zero-order valence-corrected chi connectivity index (χ0v) is 13.6. The zero-order valence-electron chi connectivity index (χ0n) is 13.6. The van der Waals surface area contributed by atoms with Gasteiger partial charge in [0.05, 0.1) is 4.92 Å². The summed E-state index contributed by atoms with van der Waals surface area (Å²) in [6.07, 6.45) is 0. The minimum atomic E-state index is -0.696. The maximum Gasteiger partial charge on any atom is 0.305 e. The van der Waals surface area contributed by atoms with E-state index in [9.17, 15) is 24.1 Å². The molecule has 3 rings (SSSR count). The van der Waals surface area contributed by atoms with Crippen molar-refractivity contribution in [3.63, 3.8) is 0 Å². The van der Waals surface area contributed by atoms with Gasteiger partial charge in [-0.2, -0.15) is 0 Å². The van der Waals surface area contributed by atoms with E-state index in [4.69, 9.17) is 4.42 Å². The fourth-order valence-corrected chi connectivity index (χ4v) is 2.21. The zero-order chi connectivity index (χ0) is 19.4. The highest BCUT2D eigenvalue weighted by Crippen LogP contribution is 2.22. The van der Waals surface area contributed by atoms with Crippen molar-refractivity contribution in [1.82, 2.24) is 10.9 Å². The van der Waals surface area contributed by atoms with E-state index in [0.29, 0.717) is 11.3 Å². The van der Waals surface area contributed by atoms with Gasteiger partial charge in [0.1, 0.15) is 11.6 Å². The first kappa shape index (κ1) is 17.8. The minimum absolute atomic E-state index is 0.0571. The number of nitrogens with one attached hydrogen (secondary N) is 2. The summed E-state index contributed by atoms with van der Waals surface area (Å²) in [5.41, 5.74) is 4.93. The smallest absolute Gasteiger partial charge is 0.305 e. The Kier molecular flexibility index (Phi) is 4.93. The first-order chi connectivity index (χ1) is 12.9. The number of hydrazine groups is 1. The quantitative estimate of drug-likeness (QED) is 0.542. The third-order valence-electron chi connectivity index (χ3n) is 3.59. The average Bonchev–Trinajstić information content (AvgIpc) is 3.16. The average molecular weight is 369 g/mol. The van der Waals surface area contributed by atoms with E-state index in [0.717, 1.165) is 0 Å². The van der Waals surface area contributed by atoms with Crippen LogP contribution in [0, 0.1) is 15.9 Å². The van der Waals surface area contributed by atoms with Crippen molar-refractivity contribution in [3.8, 4) is 11.3 Å². The molecule has 0 atom stereocenters. The second-order valence-corrected chi connectivity index (χ2v) is 5.38. The van der Waals surface area contributed by atoms with Crippen molar-refractivity contribution in [2.24, 2.45) is 0 Å². The lowest BCUT2D eigenvalue weighted by Gasteiger charge is -2.05. The van der Waals surface area contributed by atoms with Gasteiger partial charge < -0.3 is 4.42 Å². The van der Waals surface area contributed by atoms with Gasteiger partial charge in [0, 0.05) is 23.3 Å². The van der Waals surface area contributed by atoms with Crippen LogP contribution < -0.4 is 10.9 Å². The van der Waals surface area contributed by atoms with E-state index in [1.165, 1.54) is 54.6 Å². The molecular formula is C18H12FN3O5. The Balaban J connectivity index is 1.61. The van der Waals surface area contributed by atoms with Crippen LogP contribution in [0.4, 0.5) is 10.1 Å². The Labute approximate surface area is 151 Å². The van der Waals surface area contributed by atoms with Crippen LogP contribution in [0.2, 0.25) is 0 Å². The molecule has 0 aliphatic rings. The number of furan rings is 1. The van der Waals surface area contributed by atoms with E-state index in [-0.39, 0.29) is 17.0 Å². The van der Waals surface area contributed by atoms with Crippen molar-refractivity contribution < 1.29 is 23.3 Å². The Morgan fingerprint density at radius 3 is 2.15 bits per heavy atom. The van der Waals surface area contributed by atoms with E-state index in [2.05, 4.69) is 10.9 Å². The number of halogens is 1. The number of hydrogen-bond acceptors (Lipinski definition) is 5. The van der Waals surface area contributed by atoms with Gasteiger partial charge >= 0.3 is 5.91 Å². The number of carbonyl (C=O) groups excluding carboxylic acids is 2. The predicted octanol–water partition coefficient (Wildman–Crippen LogP) is 3.07. The van der Waals surface area contributed by atoms with Crippen LogP contribution in [0.15, 0.2) is 65.1 Å². The number of carbonyl (C=O) groups is 2. The molecule has 2 amide bonds. The fourth-order valence-electron chi connectivity index (χ4n) is 2.21. The lowest BCUT2D eigenvalue weighted by atomic mass is 10.2. The second-order valence-electron chi connectivity index (χ2n) is 5.38. The predicted molar refractivity (Wildman–Crippen MR) is 92.1 cm³/mol. The van der Waals surface area contributed by atoms with Crippen LogP contribution in [0.25, 0.3) is 11.3 Å². The van der Waals surface area contributed by atoms with Gasteiger partial charge in [-0.15, -0.1) is 0 Å². The highest BCUT2D eigenvalue weighted by Gasteiger charge is 2.14. The monoisotopic (exact) mass is 369 g/mol. The first-order valence-corrected chi connectivity index (χ1v) is 7.65. The number of benzene rings is 2. The molecule has 3 aromatic rings. The largest absolute Gasteiger partial charge is 0.451 e. The summed E-state index contributed by atoms with van der Waals surface area (Å²) in [5, 5.41) is 10.6. The van der Waals surface area contributed by atoms with Crippen LogP contribution >= 0.6 is 0 Å². The second kappa shape index (κ2) is 7.48. The van der Waals surface area contributed by atoms with Crippen LogP contribution in [0.3, 0.4) is 0 Å². The maximum atomic E-state index is 12.9. The third kappa shape index (κ3) is 4.15. The van der Waals surface area contributed by atoms with Gasteiger partial charge in [0.2, 0.25) is 0 Å². The van der Waals surface area contributed by atoms with Gasteiger partial charge in [-0.25, -0.2) is 4.39 Å². The molecule has 0 aliphatic heterocycles. The number of non-ortho nitro benzene ring substituents is 1. The molecule has 2 N–H and O–H groups in total. The molecule has 0 saturated heterocycles. The summed E-state index contributed by atoms with van der Waals surface area (Å²) in [4.78, 5) is 34.0. The van der Waals surface area contributed by atoms with Crippen molar-refractivity contribution in [3.05, 3.63) is 87.9 Å². The molecule has 9 heteroatoms. The topological polar surface area (TPSA) is 114 Å². The molecule has 0 unspecified atom stereocenters.